The molecule has 0 atom stereocenters. The first-order chi connectivity index (χ1) is 14.4. The zero-order valence-electron chi connectivity index (χ0n) is 18.5. The number of fused-ring (bicyclic) bond motifs is 1. The minimum absolute atomic E-state index is 0.0878. The SMILES string of the molecule is CCCC(=O)N1CCOc2ccc(CN(C(=O)C(C)C)c3ccc(C)cc3)cc2C1. The molecular weight excluding hydrogens is 376 g/mol. The summed E-state index contributed by atoms with van der Waals surface area (Å²) in [6.45, 7) is 10.0. The number of hydrogen-bond donors (Lipinski definition) is 0. The molecule has 1 heterocycles. The minimum Gasteiger partial charge on any atom is -0.491 e. The lowest BCUT2D eigenvalue weighted by atomic mass is 10.1. The number of amides is 2. The number of ether oxygens (including phenoxy) is 1. The third kappa shape index (κ3) is 5.21. The molecule has 0 N–H and O–H groups in total. The van der Waals surface area contributed by atoms with E-state index in [0.717, 1.165) is 34.5 Å². The molecule has 5 nitrogen and oxygen atoms in total. The molecule has 2 aromatic rings. The van der Waals surface area contributed by atoms with Gasteiger partial charge in [-0.15, -0.1) is 0 Å². The maximum Gasteiger partial charge on any atom is 0.229 e. The van der Waals surface area contributed by atoms with E-state index in [1.807, 2.05) is 73.9 Å². The predicted molar refractivity (Wildman–Crippen MR) is 119 cm³/mol. The summed E-state index contributed by atoms with van der Waals surface area (Å²) in [7, 11) is 0. The third-order valence-corrected chi connectivity index (χ3v) is 5.37. The van der Waals surface area contributed by atoms with Gasteiger partial charge in [-0.3, -0.25) is 9.59 Å². The first kappa shape index (κ1) is 21.9. The molecule has 0 unspecified atom stereocenters. The van der Waals surface area contributed by atoms with Crippen molar-refractivity contribution in [3.05, 3.63) is 59.2 Å². The smallest absolute Gasteiger partial charge is 0.229 e. The summed E-state index contributed by atoms with van der Waals surface area (Å²) in [5.41, 5.74) is 4.08. The molecule has 0 aliphatic carbocycles. The monoisotopic (exact) mass is 408 g/mol. The summed E-state index contributed by atoms with van der Waals surface area (Å²) >= 11 is 0. The van der Waals surface area contributed by atoms with E-state index < -0.39 is 0 Å². The van der Waals surface area contributed by atoms with Gasteiger partial charge in [-0.2, -0.15) is 0 Å². The number of carbonyl (C=O) groups excluding carboxylic acids is 2. The normalized spacial score (nSPS) is 13.4. The average Bonchev–Trinajstić information content (AvgIpc) is 2.94. The van der Waals surface area contributed by atoms with Gasteiger partial charge >= 0.3 is 0 Å². The van der Waals surface area contributed by atoms with Crippen LogP contribution in [-0.2, 0) is 22.7 Å². The zero-order valence-corrected chi connectivity index (χ0v) is 18.5. The van der Waals surface area contributed by atoms with Crippen molar-refractivity contribution in [1.82, 2.24) is 4.90 Å². The topological polar surface area (TPSA) is 49.9 Å². The van der Waals surface area contributed by atoms with Crippen molar-refractivity contribution in [2.75, 3.05) is 18.1 Å². The first-order valence-corrected chi connectivity index (χ1v) is 10.8. The van der Waals surface area contributed by atoms with Gasteiger partial charge in [-0.25, -0.2) is 0 Å². The standard InChI is InChI=1S/C25H32N2O3/c1-5-6-24(28)26-13-14-30-23-12-9-20(15-21(23)17-26)16-27(25(29)18(2)3)22-10-7-19(4)8-11-22/h7-12,15,18H,5-6,13-14,16-17H2,1-4H3. The zero-order chi connectivity index (χ0) is 21.7. The van der Waals surface area contributed by atoms with E-state index in [4.69, 9.17) is 4.74 Å². The van der Waals surface area contributed by atoms with E-state index >= 15 is 0 Å². The van der Waals surface area contributed by atoms with Gasteiger partial charge in [0.15, 0.2) is 0 Å². The maximum atomic E-state index is 12.9. The average molecular weight is 409 g/mol. The summed E-state index contributed by atoms with van der Waals surface area (Å²) in [4.78, 5) is 29.1. The molecule has 3 rings (SSSR count). The van der Waals surface area contributed by atoms with Crippen molar-refractivity contribution in [3.8, 4) is 5.75 Å². The van der Waals surface area contributed by atoms with Crippen molar-refractivity contribution in [1.29, 1.82) is 0 Å². The molecule has 1 aliphatic rings. The van der Waals surface area contributed by atoms with Gasteiger partial charge in [-0.05, 0) is 43.2 Å². The Labute approximate surface area is 179 Å². The van der Waals surface area contributed by atoms with Crippen LogP contribution in [0.2, 0.25) is 0 Å². The van der Waals surface area contributed by atoms with Gasteiger partial charge in [0.2, 0.25) is 11.8 Å². The van der Waals surface area contributed by atoms with Crippen LogP contribution >= 0.6 is 0 Å². The second-order valence-electron chi connectivity index (χ2n) is 8.27. The van der Waals surface area contributed by atoms with E-state index in [9.17, 15) is 9.59 Å². The summed E-state index contributed by atoms with van der Waals surface area (Å²) in [6, 6.07) is 14.1. The lowest BCUT2D eigenvalue weighted by Gasteiger charge is -2.26. The van der Waals surface area contributed by atoms with Gasteiger partial charge in [0, 0.05) is 30.1 Å². The Morgan fingerprint density at radius 2 is 1.87 bits per heavy atom. The minimum atomic E-state index is -0.0994. The molecule has 1 aliphatic heterocycles. The Hall–Kier alpha value is -2.82. The lowest BCUT2D eigenvalue weighted by molar-refractivity contribution is -0.132. The second kappa shape index (κ2) is 9.79. The highest BCUT2D eigenvalue weighted by Crippen LogP contribution is 2.27. The van der Waals surface area contributed by atoms with Crippen LogP contribution in [0.3, 0.4) is 0 Å². The second-order valence-corrected chi connectivity index (χ2v) is 8.27. The summed E-state index contributed by atoms with van der Waals surface area (Å²) in [6.07, 6.45) is 1.39. The fourth-order valence-corrected chi connectivity index (χ4v) is 3.65. The Bertz CT molecular complexity index is 890. The quantitative estimate of drug-likeness (QED) is 0.696. The van der Waals surface area contributed by atoms with Crippen LogP contribution in [0.15, 0.2) is 42.5 Å². The number of anilines is 1. The van der Waals surface area contributed by atoms with Crippen LogP contribution in [0, 0.1) is 12.8 Å². The summed E-state index contributed by atoms with van der Waals surface area (Å²) in [5.74, 6) is 0.973. The summed E-state index contributed by atoms with van der Waals surface area (Å²) < 4.78 is 5.88. The van der Waals surface area contributed by atoms with Crippen LogP contribution < -0.4 is 9.64 Å². The molecule has 0 aromatic heterocycles. The molecule has 0 saturated carbocycles. The molecule has 2 amide bonds. The van der Waals surface area contributed by atoms with Crippen molar-refractivity contribution in [3.63, 3.8) is 0 Å². The van der Waals surface area contributed by atoms with Crippen LogP contribution in [0.1, 0.15) is 50.3 Å². The molecule has 0 fully saturated rings. The van der Waals surface area contributed by atoms with E-state index in [1.54, 1.807) is 0 Å². The molecule has 2 aromatic carbocycles. The molecule has 30 heavy (non-hydrogen) atoms. The van der Waals surface area contributed by atoms with Gasteiger partial charge in [0.1, 0.15) is 12.4 Å². The predicted octanol–water partition coefficient (Wildman–Crippen LogP) is 4.71. The van der Waals surface area contributed by atoms with E-state index in [0.29, 0.717) is 32.7 Å². The number of rotatable bonds is 6. The highest BCUT2D eigenvalue weighted by molar-refractivity contribution is 5.94. The van der Waals surface area contributed by atoms with Crippen LogP contribution in [0.5, 0.6) is 5.75 Å². The van der Waals surface area contributed by atoms with E-state index in [1.165, 1.54) is 0 Å². The Morgan fingerprint density at radius 1 is 1.13 bits per heavy atom. The van der Waals surface area contributed by atoms with Crippen LogP contribution in [0.25, 0.3) is 0 Å². The number of hydrogen-bond acceptors (Lipinski definition) is 3. The van der Waals surface area contributed by atoms with Crippen LogP contribution in [-0.4, -0.2) is 29.9 Å². The van der Waals surface area contributed by atoms with E-state index in [2.05, 4.69) is 6.07 Å². The van der Waals surface area contributed by atoms with Gasteiger partial charge in [0.05, 0.1) is 13.1 Å². The largest absolute Gasteiger partial charge is 0.491 e. The van der Waals surface area contributed by atoms with Gasteiger partial charge in [0.25, 0.3) is 0 Å². The highest BCUT2D eigenvalue weighted by atomic mass is 16.5. The number of carbonyl (C=O) groups is 2. The molecule has 0 bridgehead atoms. The summed E-state index contributed by atoms with van der Waals surface area (Å²) in [5, 5.41) is 0. The molecular formula is C25H32N2O3. The number of nitrogens with zero attached hydrogens (tertiary/aromatic N) is 2. The lowest BCUT2D eigenvalue weighted by Crippen LogP contribution is -2.34. The number of benzene rings is 2. The molecule has 0 saturated heterocycles. The Kier molecular flexibility index (Phi) is 7.14. The third-order valence-electron chi connectivity index (χ3n) is 5.37. The highest BCUT2D eigenvalue weighted by Gasteiger charge is 2.22. The Morgan fingerprint density at radius 3 is 2.53 bits per heavy atom. The first-order valence-electron chi connectivity index (χ1n) is 10.8. The molecule has 5 heteroatoms. The van der Waals surface area contributed by atoms with Gasteiger partial charge < -0.3 is 14.5 Å². The van der Waals surface area contributed by atoms with Crippen molar-refractivity contribution in [2.45, 2.75) is 53.6 Å². The van der Waals surface area contributed by atoms with E-state index in [-0.39, 0.29) is 17.7 Å². The van der Waals surface area contributed by atoms with Crippen LogP contribution in [0.4, 0.5) is 5.69 Å². The maximum absolute atomic E-state index is 12.9. The molecule has 0 spiro atoms. The fourth-order valence-electron chi connectivity index (χ4n) is 3.65. The Balaban J connectivity index is 1.86. The molecule has 0 radical (unpaired) electrons. The van der Waals surface area contributed by atoms with Gasteiger partial charge in [-0.1, -0.05) is 44.5 Å². The molecule has 160 valence electrons. The number of aryl methyl sites for hydroxylation is 1. The van der Waals surface area contributed by atoms with Crippen molar-refractivity contribution >= 4 is 17.5 Å². The fraction of sp³-hybridized carbons (Fsp3) is 0.440. The van der Waals surface area contributed by atoms with Crippen molar-refractivity contribution < 1.29 is 14.3 Å². The van der Waals surface area contributed by atoms with Crippen molar-refractivity contribution in [2.24, 2.45) is 5.92 Å².